The molecule has 25 heavy (non-hydrogen) atoms. The topological polar surface area (TPSA) is 52.1 Å². The zero-order valence-electron chi connectivity index (χ0n) is 14.5. The Morgan fingerprint density at radius 1 is 1.16 bits per heavy atom. The van der Waals surface area contributed by atoms with Crippen LogP contribution in [0, 0.1) is 0 Å². The van der Waals surface area contributed by atoms with Crippen molar-refractivity contribution in [1.82, 2.24) is 9.88 Å². The van der Waals surface area contributed by atoms with E-state index in [0.29, 0.717) is 13.3 Å². The summed E-state index contributed by atoms with van der Waals surface area (Å²) in [4.78, 5) is 11.1. The van der Waals surface area contributed by atoms with Crippen molar-refractivity contribution in [3.05, 3.63) is 48.2 Å². The maximum absolute atomic E-state index is 10.6. The van der Waals surface area contributed by atoms with Gasteiger partial charge in [0, 0.05) is 57.2 Å². The van der Waals surface area contributed by atoms with Crippen molar-refractivity contribution in [3.8, 4) is 5.75 Å². The highest BCUT2D eigenvalue weighted by Crippen LogP contribution is 2.32. The van der Waals surface area contributed by atoms with E-state index in [0.717, 1.165) is 43.3 Å². The van der Waals surface area contributed by atoms with E-state index >= 15 is 0 Å². The Balaban J connectivity index is 1.34. The molecule has 1 atom stereocenters. The predicted molar refractivity (Wildman–Crippen MR) is 98.2 cm³/mol. The third kappa shape index (κ3) is 3.41. The fourth-order valence-electron chi connectivity index (χ4n) is 3.43. The number of benzene rings is 1. The molecule has 132 valence electrons. The van der Waals surface area contributed by atoms with Gasteiger partial charge in [-0.2, -0.15) is 0 Å². The molecule has 2 aliphatic heterocycles. The molecule has 0 radical (unpaired) electrons. The zero-order chi connectivity index (χ0) is 17.2. The number of nitrogens with zero attached hydrogens (tertiary/aromatic N) is 4. The summed E-state index contributed by atoms with van der Waals surface area (Å²) in [5.41, 5.74) is 2.09. The number of hydrogen-bond donors (Lipinski definition) is 1. The lowest BCUT2D eigenvalue weighted by Gasteiger charge is -2.36. The van der Waals surface area contributed by atoms with Crippen molar-refractivity contribution in [1.29, 1.82) is 0 Å². The minimum absolute atomic E-state index is 0.517. The van der Waals surface area contributed by atoms with E-state index in [1.54, 1.807) is 6.20 Å². The summed E-state index contributed by atoms with van der Waals surface area (Å²) in [5.74, 6) is 1.60. The molecule has 6 heteroatoms. The number of pyridine rings is 1. The van der Waals surface area contributed by atoms with Gasteiger partial charge in [0.25, 0.3) is 0 Å². The molecule has 3 heterocycles. The van der Waals surface area contributed by atoms with Crippen LogP contribution in [0.15, 0.2) is 42.6 Å². The van der Waals surface area contributed by atoms with Crippen LogP contribution in [0.2, 0.25) is 0 Å². The Bertz CT molecular complexity index is 717. The van der Waals surface area contributed by atoms with E-state index in [4.69, 9.17) is 4.74 Å². The lowest BCUT2D eigenvalue weighted by molar-refractivity contribution is 0.109. The quantitative estimate of drug-likeness (QED) is 0.915. The van der Waals surface area contributed by atoms with Crippen molar-refractivity contribution in [3.63, 3.8) is 0 Å². The van der Waals surface area contributed by atoms with E-state index in [9.17, 15) is 5.11 Å². The summed E-state index contributed by atoms with van der Waals surface area (Å²) in [6.45, 7) is 5.00. The van der Waals surface area contributed by atoms with Crippen molar-refractivity contribution in [2.45, 2.75) is 6.10 Å². The number of fused-ring (bicyclic) bond motifs is 1. The van der Waals surface area contributed by atoms with Gasteiger partial charge in [0.15, 0.2) is 18.3 Å². The SMILES string of the molecule is CN1COc2cc(C(O)CN3CCN(c4ccccc4)CC3)cnc21. The largest absolute Gasteiger partial charge is 0.469 e. The van der Waals surface area contributed by atoms with Crippen LogP contribution in [-0.2, 0) is 0 Å². The zero-order valence-corrected chi connectivity index (χ0v) is 14.5. The summed E-state index contributed by atoms with van der Waals surface area (Å²) >= 11 is 0. The Morgan fingerprint density at radius 2 is 1.92 bits per heavy atom. The van der Waals surface area contributed by atoms with E-state index < -0.39 is 6.10 Å². The summed E-state index contributed by atoms with van der Waals surface area (Å²) in [7, 11) is 1.95. The molecule has 1 unspecified atom stereocenters. The molecule has 4 rings (SSSR count). The molecule has 1 aromatic carbocycles. The van der Waals surface area contributed by atoms with Gasteiger partial charge in [-0.25, -0.2) is 4.98 Å². The van der Waals surface area contributed by atoms with E-state index in [1.807, 2.05) is 24.1 Å². The molecule has 0 saturated carbocycles. The number of anilines is 2. The van der Waals surface area contributed by atoms with Crippen molar-refractivity contribution < 1.29 is 9.84 Å². The number of aliphatic hydroxyl groups is 1. The number of β-amino-alcohol motifs (C(OH)–C–C–N with tert-alkyl or cyclic N) is 1. The fourth-order valence-corrected chi connectivity index (χ4v) is 3.43. The van der Waals surface area contributed by atoms with Gasteiger partial charge < -0.3 is 19.6 Å². The van der Waals surface area contributed by atoms with Crippen LogP contribution >= 0.6 is 0 Å². The van der Waals surface area contributed by atoms with Crippen LogP contribution in [0.3, 0.4) is 0 Å². The first kappa shape index (κ1) is 16.2. The van der Waals surface area contributed by atoms with Crippen molar-refractivity contribution >= 4 is 11.5 Å². The number of para-hydroxylation sites is 1. The van der Waals surface area contributed by atoms with Gasteiger partial charge in [-0.15, -0.1) is 0 Å². The number of hydrogen-bond acceptors (Lipinski definition) is 6. The van der Waals surface area contributed by atoms with Crippen LogP contribution in [0.5, 0.6) is 5.75 Å². The molecular weight excluding hydrogens is 316 g/mol. The molecule has 2 aromatic rings. The lowest BCUT2D eigenvalue weighted by atomic mass is 10.1. The molecule has 1 aromatic heterocycles. The minimum atomic E-state index is -0.546. The second kappa shape index (κ2) is 6.90. The normalized spacial score (nSPS) is 18.8. The molecule has 1 N–H and O–H groups in total. The standard InChI is InChI=1S/C19H24N4O2/c1-21-14-25-18-11-15(12-20-19(18)21)17(24)13-22-7-9-23(10-8-22)16-5-3-2-4-6-16/h2-6,11-12,17,24H,7-10,13-14H2,1H3. The molecule has 0 aliphatic carbocycles. The van der Waals surface area contributed by atoms with Crippen LogP contribution in [0.25, 0.3) is 0 Å². The highest BCUT2D eigenvalue weighted by Gasteiger charge is 2.23. The molecule has 0 amide bonds. The van der Waals surface area contributed by atoms with E-state index in [-0.39, 0.29) is 0 Å². The maximum Gasteiger partial charge on any atom is 0.173 e. The molecule has 1 fully saturated rings. The summed E-state index contributed by atoms with van der Waals surface area (Å²) in [6, 6.07) is 12.4. The monoisotopic (exact) mass is 340 g/mol. The third-order valence-corrected chi connectivity index (χ3v) is 4.94. The van der Waals surface area contributed by atoms with Gasteiger partial charge in [0.2, 0.25) is 0 Å². The highest BCUT2D eigenvalue weighted by atomic mass is 16.5. The molecule has 6 nitrogen and oxygen atoms in total. The summed E-state index contributed by atoms with van der Waals surface area (Å²) < 4.78 is 5.59. The van der Waals surface area contributed by atoms with Gasteiger partial charge >= 0.3 is 0 Å². The van der Waals surface area contributed by atoms with Gasteiger partial charge in [-0.05, 0) is 18.2 Å². The van der Waals surface area contributed by atoms with Crippen LogP contribution in [-0.4, -0.2) is 61.5 Å². The fraction of sp³-hybridized carbons (Fsp3) is 0.421. The maximum atomic E-state index is 10.6. The van der Waals surface area contributed by atoms with E-state index in [1.165, 1.54) is 5.69 Å². The Labute approximate surface area is 148 Å². The number of piperazine rings is 1. The van der Waals surface area contributed by atoms with Crippen LogP contribution in [0.1, 0.15) is 11.7 Å². The van der Waals surface area contributed by atoms with Gasteiger partial charge in [0.1, 0.15) is 0 Å². The highest BCUT2D eigenvalue weighted by molar-refractivity contribution is 5.56. The number of ether oxygens (including phenoxy) is 1. The first-order valence-electron chi connectivity index (χ1n) is 8.75. The van der Waals surface area contributed by atoms with Gasteiger partial charge in [-0.3, -0.25) is 4.90 Å². The summed E-state index contributed by atoms with van der Waals surface area (Å²) in [5, 5.41) is 10.6. The van der Waals surface area contributed by atoms with Crippen molar-refractivity contribution in [2.24, 2.45) is 0 Å². The average Bonchev–Trinajstić information content (AvgIpc) is 3.03. The van der Waals surface area contributed by atoms with E-state index in [2.05, 4.69) is 39.0 Å². The molecule has 2 aliphatic rings. The molecule has 0 bridgehead atoms. The average molecular weight is 340 g/mol. The Kier molecular flexibility index (Phi) is 4.46. The Hall–Kier alpha value is -2.31. The first-order chi connectivity index (χ1) is 12.2. The van der Waals surface area contributed by atoms with Gasteiger partial charge in [-0.1, -0.05) is 18.2 Å². The van der Waals surface area contributed by atoms with Crippen LogP contribution < -0.4 is 14.5 Å². The molecule has 0 spiro atoms. The lowest BCUT2D eigenvalue weighted by Crippen LogP contribution is -2.47. The van der Waals surface area contributed by atoms with Gasteiger partial charge in [0.05, 0.1) is 6.10 Å². The Morgan fingerprint density at radius 3 is 2.68 bits per heavy atom. The predicted octanol–water partition coefficient (Wildman–Crippen LogP) is 1.72. The molecule has 1 saturated heterocycles. The second-order valence-corrected chi connectivity index (χ2v) is 6.70. The van der Waals surface area contributed by atoms with Crippen molar-refractivity contribution in [2.75, 3.05) is 56.3 Å². The third-order valence-electron chi connectivity index (χ3n) is 4.94. The number of aromatic nitrogens is 1. The number of aliphatic hydroxyl groups excluding tert-OH is 1. The molecular formula is C19H24N4O2. The smallest absolute Gasteiger partial charge is 0.173 e. The number of rotatable bonds is 4. The minimum Gasteiger partial charge on any atom is -0.469 e. The van der Waals surface area contributed by atoms with Crippen LogP contribution in [0.4, 0.5) is 11.5 Å². The second-order valence-electron chi connectivity index (χ2n) is 6.70. The summed E-state index contributed by atoms with van der Waals surface area (Å²) in [6.07, 6.45) is 1.21. The first-order valence-corrected chi connectivity index (χ1v) is 8.75.